The third-order valence-electron chi connectivity index (χ3n) is 3.30. The average Bonchev–Trinajstić information content (AvgIpc) is 2.90. The largest absolute Gasteiger partial charge is 0.387 e. The SMILES string of the molecule is Cc1nnsc1C(=O)NCC(O)c1ccc(C(C)C)cc1. The zero-order valence-electron chi connectivity index (χ0n) is 12.3. The first kappa shape index (κ1) is 15.6. The summed E-state index contributed by atoms with van der Waals surface area (Å²) in [4.78, 5) is 12.4. The molecule has 0 aliphatic carbocycles. The fraction of sp³-hybridized carbons (Fsp3) is 0.400. The summed E-state index contributed by atoms with van der Waals surface area (Å²) < 4.78 is 3.72. The normalized spacial score (nSPS) is 12.4. The second-order valence-corrected chi connectivity index (χ2v) is 5.99. The molecule has 1 heterocycles. The molecule has 112 valence electrons. The Morgan fingerprint density at radius 2 is 1.90 bits per heavy atom. The molecule has 0 aliphatic heterocycles. The van der Waals surface area contributed by atoms with Crippen LogP contribution in [-0.4, -0.2) is 27.1 Å². The highest BCUT2D eigenvalue weighted by Gasteiger charge is 2.15. The van der Waals surface area contributed by atoms with Gasteiger partial charge in [0.15, 0.2) is 0 Å². The Balaban J connectivity index is 1.94. The molecule has 1 unspecified atom stereocenters. The Morgan fingerprint density at radius 1 is 1.29 bits per heavy atom. The molecule has 0 bridgehead atoms. The maximum absolute atomic E-state index is 11.9. The van der Waals surface area contributed by atoms with E-state index in [1.165, 1.54) is 5.56 Å². The Labute approximate surface area is 128 Å². The number of carbonyl (C=O) groups excluding carboxylic acids is 1. The second-order valence-electron chi connectivity index (χ2n) is 5.23. The number of hydrogen-bond acceptors (Lipinski definition) is 5. The molecule has 0 saturated carbocycles. The summed E-state index contributed by atoms with van der Waals surface area (Å²) in [6, 6.07) is 7.79. The van der Waals surface area contributed by atoms with Crippen molar-refractivity contribution < 1.29 is 9.90 Å². The van der Waals surface area contributed by atoms with E-state index in [0.717, 1.165) is 17.1 Å². The molecular weight excluding hydrogens is 286 g/mol. The molecule has 1 aromatic carbocycles. The molecule has 2 aromatic rings. The molecule has 1 amide bonds. The lowest BCUT2D eigenvalue weighted by Crippen LogP contribution is -2.28. The molecule has 6 heteroatoms. The van der Waals surface area contributed by atoms with Gasteiger partial charge in [0.05, 0.1) is 11.8 Å². The number of aryl methyl sites for hydroxylation is 1. The number of aliphatic hydroxyl groups is 1. The number of nitrogens with zero attached hydrogens (tertiary/aromatic N) is 2. The van der Waals surface area contributed by atoms with Crippen molar-refractivity contribution in [2.24, 2.45) is 0 Å². The lowest BCUT2D eigenvalue weighted by Gasteiger charge is -2.13. The van der Waals surface area contributed by atoms with Gasteiger partial charge in [-0.3, -0.25) is 4.79 Å². The van der Waals surface area contributed by atoms with Crippen LogP contribution in [0.5, 0.6) is 0 Å². The van der Waals surface area contributed by atoms with Crippen LogP contribution in [0.3, 0.4) is 0 Å². The van der Waals surface area contributed by atoms with Gasteiger partial charge in [0, 0.05) is 6.54 Å². The van der Waals surface area contributed by atoms with Crippen molar-refractivity contribution in [2.45, 2.75) is 32.8 Å². The molecule has 0 saturated heterocycles. The van der Waals surface area contributed by atoms with Crippen LogP contribution in [0.2, 0.25) is 0 Å². The Kier molecular flexibility index (Phi) is 5.03. The predicted molar refractivity (Wildman–Crippen MR) is 82.5 cm³/mol. The smallest absolute Gasteiger partial charge is 0.265 e. The molecule has 0 aliphatic rings. The van der Waals surface area contributed by atoms with E-state index < -0.39 is 6.10 Å². The van der Waals surface area contributed by atoms with Crippen LogP contribution in [0.1, 0.15) is 52.4 Å². The molecule has 0 fully saturated rings. The molecular formula is C15H19N3O2S. The van der Waals surface area contributed by atoms with Gasteiger partial charge in [-0.2, -0.15) is 0 Å². The molecule has 2 rings (SSSR count). The Hall–Kier alpha value is -1.79. The minimum atomic E-state index is -0.726. The van der Waals surface area contributed by atoms with Crippen molar-refractivity contribution in [1.82, 2.24) is 14.9 Å². The first-order valence-corrected chi connectivity index (χ1v) is 7.61. The molecule has 0 spiro atoms. The van der Waals surface area contributed by atoms with Gasteiger partial charge in [0.2, 0.25) is 0 Å². The Bertz CT molecular complexity index is 608. The van der Waals surface area contributed by atoms with Crippen molar-refractivity contribution >= 4 is 17.4 Å². The van der Waals surface area contributed by atoms with Crippen LogP contribution in [0.4, 0.5) is 0 Å². The Morgan fingerprint density at radius 3 is 2.43 bits per heavy atom. The quantitative estimate of drug-likeness (QED) is 0.889. The number of amides is 1. The van der Waals surface area contributed by atoms with Gasteiger partial charge in [-0.1, -0.05) is 42.6 Å². The topological polar surface area (TPSA) is 75.1 Å². The van der Waals surface area contributed by atoms with Crippen LogP contribution >= 0.6 is 11.5 Å². The van der Waals surface area contributed by atoms with Crippen molar-refractivity contribution in [2.75, 3.05) is 6.54 Å². The van der Waals surface area contributed by atoms with Crippen LogP contribution in [0, 0.1) is 6.92 Å². The zero-order chi connectivity index (χ0) is 15.4. The van der Waals surface area contributed by atoms with Crippen LogP contribution in [0.15, 0.2) is 24.3 Å². The third-order valence-corrected chi connectivity index (χ3v) is 4.13. The molecule has 21 heavy (non-hydrogen) atoms. The van der Waals surface area contributed by atoms with E-state index in [9.17, 15) is 9.90 Å². The number of benzene rings is 1. The summed E-state index contributed by atoms with van der Waals surface area (Å²) in [5, 5.41) is 16.6. The van der Waals surface area contributed by atoms with Crippen LogP contribution in [0.25, 0.3) is 0 Å². The summed E-state index contributed by atoms with van der Waals surface area (Å²) in [5.74, 6) is 0.207. The van der Waals surface area contributed by atoms with Crippen molar-refractivity contribution in [3.63, 3.8) is 0 Å². The standard InChI is InChI=1S/C15H19N3O2S/c1-9(2)11-4-6-12(7-5-11)13(19)8-16-15(20)14-10(3)17-18-21-14/h4-7,9,13,19H,8H2,1-3H3,(H,16,20). The van der Waals surface area contributed by atoms with Gasteiger partial charge >= 0.3 is 0 Å². The summed E-state index contributed by atoms with van der Waals surface area (Å²) in [6.45, 7) is 6.14. The second kappa shape index (κ2) is 6.78. The molecule has 1 aromatic heterocycles. The zero-order valence-corrected chi connectivity index (χ0v) is 13.1. The van der Waals surface area contributed by atoms with Crippen LogP contribution in [-0.2, 0) is 0 Å². The van der Waals surface area contributed by atoms with E-state index in [0.29, 0.717) is 16.5 Å². The monoisotopic (exact) mass is 305 g/mol. The summed E-state index contributed by atoms with van der Waals surface area (Å²) in [7, 11) is 0. The molecule has 0 radical (unpaired) electrons. The fourth-order valence-corrected chi connectivity index (χ4v) is 2.50. The van der Waals surface area contributed by atoms with Gasteiger partial charge in [-0.05, 0) is 35.5 Å². The van der Waals surface area contributed by atoms with E-state index in [-0.39, 0.29) is 12.5 Å². The number of aliphatic hydroxyl groups excluding tert-OH is 1. The predicted octanol–water partition coefficient (Wildman–Crippen LogP) is 2.43. The molecule has 2 N–H and O–H groups in total. The molecule has 1 atom stereocenters. The van der Waals surface area contributed by atoms with E-state index in [1.807, 2.05) is 24.3 Å². The van der Waals surface area contributed by atoms with E-state index >= 15 is 0 Å². The van der Waals surface area contributed by atoms with Gasteiger partial charge < -0.3 is 10.4 Å². The lowest BCUT2D eigenvalue weighted by atomic mass is 10.00. The van der Waals surface area contributed by atoms with Crippen molar-refractivity contribution in [3.05, 3.63) is 46.0 Å². The highest BCUT2D eigenvalue weighted by Crippen LogP contribution is 2.18. The van der Waals surface area contributed by atoms with Crippen LogP contribution < -0.4 is 5.32 Å². The van der Waals surface area contributed by atoms with E-state index in [2.05, 4.69) is 28.8 Å². The number of nitrogens with one attached hydrogen (secondary N) is 1. The maximum atomic E-state index is 11.9. The first-order chi connectivity index (χ1) is 9.99. The maximum Gasteiger partial charge on any atom is 0.265 e. The van der Waals surface area contributed by atoms with E-state index in [1.54, 1.807) is 6.92 Å². The third kappa shape index (κ3) is 3.86. The number of hydrogen-bond donors (Lipinski definition) is 2. The number of rotatable bonds is 5. The van der Waals surface area contributed by atoms with Gasteiger partial charge in [0.1, 0.15) is 4.88 Å². The number of aromatic nitrogens is 2. The van der Waals surface area contributed by atoms with E-state index in [4.69, 9.17) is 0 Å². The molecule has 5 nitrogen and oxygen atoms in total. The highest BCUT2D eigenvalue weighted by molar-refractivity contribution is 7.07. The average molecular weight is 305 g/mol. The van der Waals surface area contributed by atoms with Gasteiger partial charge in [0.25, 0.3) is 5.91 Å². The summed E-state index contributed by atoms with van der Waals surface area (Å²) >= 11 is 1.06. The lowest BCUT2D eigenvalue weighted by molar-refractivity contribution is 0.0919. The number of carbonyl (C=O) groups is 1. The highest BCUT2D eigenvalue weighted by atomic mass is 32.1. The minimum Gasteiger partial charge on any atom is -0.387 e. The van der Waals surface area contributed by atoms with Gasteiger partial charge in [-0.25, -0.2) is 0 Å². The minimum absolute atomic E-state index is 0.164. The summed E-state index contributed by atoms with van der Waals surface area (Å²) in [6.07, 6.45) is -0.726. The van der Waals surface area contributed by atoms with Crippen molar-refractivity contribution in [1.29, 1.82) is 0 Å². The fourth-order valence-electron chi connectivity index (χ4n) is 1.93. The van der Waals surface area contributed by atoms with Crippen molar-refractivity contribution in [3.8, 4) is 0 Å². The summed E-state index contributed by atoms with van der Waals surface area (Å²) in [5.41, 5.74) is 2.62. The van der Waals surface area contributed by atoms with Gasteiger partial charge in [-0.15, -0.1) is 5.10 Å². The first-order valence-electron chi connectivity index (χ1n) is 6.84.